The predicted octanol–water partition coefficient (Wildman–Crippen LogP) is 1.22. The third kappa shape index (κ3) is 4.34. The molecule has 2 aromatic carbocycles. The van der Waals surface area contributed by atoms with Crippen LogP contribution in [0.5, 0.6) is 5.75 Å². The van der Waals surface area contributed by atoms with Crippen molar-refractivity contribution in [3.63, 3.8) is 0 Å². The molecule has 0 saturated carbocycles. The zero-order valence-corrected chi connectivity index (χ0v) is 16.1. The topological polar surface area (TPSA) is 89.3 Å². The highest BCUT2D eigenvalue weighted by atomic mass is 16.5. The van der Waals surface area contributed by atoms with Crippen molar-refractivity contribution in [3.8, 4) is 5.75 Å². The summed E-state index contributed by atoms with van der Waals surface area (Å²) in [5, 5.41) is 11.2. The molecule has 0 spiro atoms. The molecule has 0 fully saturated rings. The molecule has 0 radical (unpaired) electrons. The van der Waals surface area contributed by atoms with Crippen LogP contribution in [0.3, 0.4) is 0 Å². The van der Waals surface area contributed by atoms with Crippen molar-refractivity contribution >= 4 is 16.8 Å². The first kappa shape index (κ1) is 19.5. The van der Waals surface area contributed by atoms with Gasteiger partial charge >= 0.3 is 0 Å². The Balaban J connectivity index is 1.68. The Morgan fingerprint density at radius 2 is 1.89 bits per heavy atom. The standard InChI is InChI=1S/C20H23N5O3/c1-24(2)18(14-8-10-15(28-3)11-9-14)12-21-19(26)13-25-20(27)16-6-4-5-7-17(16)22-23-25/h4-11,18H,12-13H2,1-3H3,(H,21,26). The van der Waals surface area contributed by atoms with Gasteiger partial charge in [0.25, 0.3) is 5.56 Å². The van der Waals surface area contributed by atoms with Gasteiger partial charge in [0.1, 0.15) is 17.8 Å². The maximum absolute atomic E-state index is 12.5. The second-order valence-electron chi connectivity index (χ2n) is 6.63. The molecule has 3 aromatic rings. The summed E-state index contributed by atoms with van der Waals surface area (Å²) < 4.78 is 6.27. The number of benzene rings is 2. The number of fused-ring (bicyclic) bond motifs is 1. The molecular weight excluding hydrogens is 358 g/mol. The second kappa shape index (κ2) is 8.62. The largest absolute Gasteiger partial charge is 0.497 e. The van der Waals surface area contributed by atoms with Gasteiger partial charge in [0.05, 0.1) is 18.5 Å². The van der Waals surface area contributed by atoms with Crippen LogP contribution >= 0.6 is 0 Å². The van der Waals surface area contributed by atoms with Crippen molar-refractivity contribution in [1.82, 2.24) is 25.2 Å². The highest BCUT2D eigenvalue weighted by molar-refractivity contribution is 5.78. The van der Waals surface area contributed by atoms with Crippen molar-refractivity contribution < 1.29 is 9.53 Å². The molecule has 0 aliphatic rings. The zero-order chi connectivity index (χ0) is 20.1. The molecule has 0 bridgehead atoms. The number of carbonyl (C=O) groups is 1. The fourth-order valence-electron chi connectivity index (χ4n) is 2.95. The molecule has 1 heterocycles. The summed E-state index contributed by atoms with van der Waals surface area (Å²) in [5.41, 5.74) is 1.23. The molecule has 1 amide bonds. The number of ether oxygens (including phenoxy) is 1. The molecule has 28 heavy (non-hydrogen) atoms. The molecular formula is C20H23N5O3. The number of methoxy groups -OCH3 is 1. The van der Waals surface area contributed by atoms with Gasteiger partial charge in [-0.2, -0.15) is 0 Å². The van der Waals surface area contributed by atoms with E-state index in [0.717, 1.165) is 16.0 Å². The number of nitrogens with zero attached hydrogens (tertiary/aromatic N) is 4. The van der Waals surface area contributed by atoms with Crippen molar-refractivity contribution in [2.75, 3.05) is 27.7 Å². The quantitative estimate of drug-likeness (QED) is 0.662. The van der Waals surface area contributed by atoms with Crippen molar-refractivity contribution in [3.05, 3.63) is 64.4 Å². The Hall–Kier alpha value is -3.26. The van der Waals surface area contributed by atoms with Crippen LogP contribution in [0, 0.1) is 0 Å². The molecule has 0 saturated heterocycles. The number of rotatable bonds is 7. The first-order valence-electron chi connectivity index (χ1n) is 8.89. The van der Waals surface area contributed by atoms with Crippen LogP contribution in [-0.2, 0) is 11.3 Å². The van der Waals surface area contributed by atoms with E-state index in [0.29, 0.717) is 17.4 Å². The van der Waals surface area contributed by atoms with Gasteiger partial charge in [-0.05, 0) is 43.9 Å². The Morgan fingerprint density at radius 1 is 1.18 bits per heavy atom. The fraction of sp³-hybridized carbons (Fsp3) is 0.300. The summed E-state index contributed by atoms with van der Waals surface area (Å²) >= 11 is 0. The summed E-state index contributed by atoms with van der Waals surface area (Å²) in [6, 6.07) is 14.6. The first-order valence-corrected chi connectivity index (χ1v) is 8.89. The number of carbonyl (C=O) groups excluding carboxylic acids is 1. The SMILES string of the molecule is COc1ccc(C(CNC(=O)Cn2nnc3ccccc3c2=O)N(C)C)cc1. The van der Waals surface area contributed by atoms with Crippen LogP contribution in [0.2, 0.25) is 0 Å². The molecule has 0 aliphatic heterocycles. The first-order chi connectivity index (χ1) is 13.5. The van der Waals surface area contributed by atoms with E-state index in [-0.39, 0.29) is 24.1 Å². The second-order valence-corrected chi connectivity index (χ2v) is 6.63. The molecule has 8 nitrogen and oxygen atoms in total. The van der Waals surface area contributed by atoms with E-state index in [1.807, 2.05) is 43.3 Å². The minimum absolute atomic E-state index is 0.0192. The van der Waals surface area contributed by atoms with Crippen LogP contribution in [0.4, 0.5) is 0 Å². The fourth-order valence-corrected chi connectivity index (χ4v) is 2.95. The van der Waals surface area contributed by atoms with Crippen molar-refractivity contribution in [1.29, 1.82) is 0 Å². The maximum atomic E-state index is 12.5. The lowest BCUT2D eigenvalue weighted by Crippen LogP contribution is -2.38. The van der Waals surface area contributed by atoms with Crippen LogP contribution in [0.25, 0.3) is 10.9 Å². The minimum atomic E-state index is -0.333. The minimum Gasteiger partial charge on any atom is -0.497 e. The molecule has 3 rings (SSSR count). The van der Waals surface area contributed by atoms with Gasteiger partial charge in [-0.25, -0.2) is 4.68 Å². The third-order valence-corrected chi connectivity index (χ3v) is 4.54. The highest BCUT2D eigenvalue weighted by Gasteiger charge is 2.16. The Kier molecular flexibility index (Phi) is 6.00. The van der Waals surface area contributed by atoms with Gasteiger partial charge in [-0.3, -0.25) is 9.59 Å². The summed E-state index contributed by atoms with van der Waals surface area (Å²) in [5.74, 6) is 0.478. The van der Waals surface area contributed by atoms with Crippen LogP contribution in [0.1, 0.15) is 11.6 Å². The smallest absolute Gasteiger partial charge is 0.278 e. The highest BCUT2D eigenvalue weighted by Crippen LogP contribution is 2.20. The molecule has 1 N–H and O–H groups in total. The van der Waals surface area contributed by atoms with Gasteiger partial charge in [0, 0.05) is 6.54 Å². The van der Waals surface area contributed by atoms with Gasteiger partial charge < -0.3 is 15.0 Å². The number of amides is 1. The van der Waals surface area contributed by atoms with E-state index < -0.39 is 0 Å². The molecule has 0 aliphatic carbocycles. The Morgan fingerprint density at radius 3 is 2.57 bits per heavy atom. The summed E-state index contributed by atoms with van der Waals surface area (Å²) in [7, 11) is 5.51. The number of likely N-dealkylation sites (N-methyl/N-ethyl adjacent to an activating group) is 1. The van der Waals surface area contributed by atoms with Crippen LogP contribution in [-0.4, -0.2) is 53.6 Å². The lowest BCUT2D eigenvalue weighted by Gasteiger charge is -2.25. The Labute approximate surface area is 162 Å². The van der Waals surface area contributed by atoms with Gasteiger partial charge in [-0.1, -0.05) is 29.5 Å². The average molecular weight is 381 g/mol. The lowest BCUT2D eigenvalue weighted by molar-refractivity contribution is -0.122. The number of aromatic nitrogens is 3. The summed E-state index contributed by atoms with van der Waals surface area (Å²) in [6.45, 7) is 0.216. The van der Waals surface area contributed by atoms with Crippen molar-refractivity contribution in [2.24, 2.45) is 0 Å². The number of hydrogen-bond donors (Lipinski definition) is 1. The van der Waals surface area contributed by atoms with E-state index in [1.165, 1.54) is 0 Å². The maximum Gasteiger partial charge on any atom is 0.278 e. The van der Waals surface area contributed by atoms with Gasteiger partial charge in [-0.15, -0.1) is 5.10 Å². The summed E-state index contributed by atoms with van der Waals surface area (Å²) in [6.07, 6.45) is 0. The Bertz CT molecular complexity index is 1010. The van der Waals surface area contributed by atoms with Crippen LogP contribution in [0.15, 0.2) is 53.3 Å². The van der Waals surface area contributed by atoms with E-state index in [1.54, 1.807) is 31.4 Å². The number of nitrogens with one attached hydrogen (secondary N) is 1. The normalized spacial score (nSPS) is 12.1. The molecule has 1 atom stereocenters. The molecule has 146 valence electrons. The molecule has 8 heteroatoms. The third-order valence-electron chi connectivity index (χ3n) is 4.54. The van der Waals surface area contributed by atoms with Gasteiger partial charge in [0.15, 0.2) is 0 Å². The van der Waals surface area contributed by atoms with E-state index in [4.69, 9.17) is 4.74 Å². The van der Waals surface area contributed by atoms with E-state index >= 15 is 0 Å². The molecule has 1 aromatic heterocycles. The summed E-state index contributed by atoms with van der Waals surface area (Å²) in [4.78, 5) is 26.9. The van der Waals surface area contributed by atoms with Crippen LogP contribution < -0.4 is 15.6 Å². The monoisotopic (exact) mass is 381 g/mol. The van der Waals surface area contributed by atoms with E-state index in [9.17, 15) is 9.59 Å². The number of hydrogen-bond acceptors (Lipinski definition) is 6. The van der Waals surface area contributed by atoms with Crippen molar-refractivity contribution in [2.45, 2.75) is 12.6 Å². The lowest BCUT2D eigenvalue weighted by atomic mass is 10.1. The zero-order valence-electron chi connectivity index (χ0n) is 16.1. The van der Waals surface area contributed by atoms with Gasteiger partial charge in [0.2, 0.25) is 5.91 Å². The predicted molar refractivity (Wildman–Crippen MR) is 106 cm³/mol. The average Bonchev–Trinajstić information content (AvgIpc) is 2.70. The van der Waals surface area contributed by atoms with E-state index in [2.05, 4.69) is 15.6 Å². The molecule has 1 unspecified atom stereocenters.